The summed E-state index contributed by atoms with van der Waals surface area (Å²) in [5.74, 6) is -1.02. The maximum Gasteiger partial charge on any atom is 0.310 e. The van der Waals surface area contributed by atoms with Crippen molar-refractivity contribution in [2.75, 3.05) is 7.11 Å². The Labute approximate surface area is 90.6 Å². The van der Waals surface area contributed by atoms with Gasteiger partial charge in [0.1, 0.15) is 5.82 Å². The summed E-state index contributed by atoms with van der Waals surface area (Å²) in [7, 11) is 1.25. The molecule has 1 aromatic rings. The average Bonchev–Trinajstić information content (AvgIpc) is 2.13. The predicted octanol–water partition coefficient (Wildman–Crippen LogP) is 2.85. The molecule has 0 spiro atoms. The zero-order valence-electron chi connectivity index (χ0n) is 7.31. The van der Waals surface area contributed by atoms with Crippen LogP contribution in [0.1, 0.15) is 5.56 Å². The van der Waals surface area contributed by atoms with Gasteiger partial charge < -0.3 is 4.74 Å². The van der Waals surface area contributed by atoms with Gasteiger partial charge in [0, 0.05) is 0 Å². The summed E-state index contributed by atoms with van der Waals surface area (Å²) >= 11 is 11.4. The van der Waals surface area contributed by atoms with Crippen molar-refractivity contribution in [2.45, 2.75) is 6.42 Å². The van der Waals surface area contributed by atoms with Gasteiger partial charge in [-0.2, -0.15) is 0 Å². The molecule has 0 heterocycles. The van der Waals surface area contributed by atoms with Crippen LogP contribution >= 0.6 is 23.2 Å². The van der Waals surface area contributed by atoms with Crippen molar-refractivity contribution in [1.29, 1.82) is 0 Å². The first-order chi connectivity index (χ1) is 6.54. The van der Waals surface area contributed by atoms with E-state index in [4.69, 9.17) is 23.2 Å². The Balaban J connectivity index is 3.02. The number of esters is 1. The molecule has 0 aliphatic heterocycles. The van der Waals surface area contributed by atoms with Crippen molar-refractivity contribution in [3.63, 3.8) is 0 Å². The van der Waals surface area contributed by atoms with Crippen molar-refractivity contribution in [2.24, 2.45) is 0 Å². The van der Waals surface area contributed by atoms with Gasteiger partial charge >= 0.3 is 5.97 Å². The third kappa shape index (κ3) is 2.59. The third-order valence-electron chi connectivity index (χ3n) is 1.63. The van der Waals surface area contributed by atoms with Gasteiger partial charge in [0.25, 0.3) is 0 Å². The van der Waals surface area contributed by atoms with Crippen LogP contribution in [0.2, 0.25) is 10.0 Å². The summed E-state index contributed by atoms with van der Waals surface area (Å²) in [5.41, 5.74) is 0.323. The summed E-state index contributed by atoms with van der Waals surface area (Å²) in [6, 6.07) is 2.25. The number of benzene rings is 1. The van der Waals surface area contributed by atoms with E-state index in [1.165, 1.54) is 7.11 Å². The molecule has 0 N–H and O–H groups in total. The van der Waals surface area contributed by atoms with Crippen molar-refractivity contribution < 1.29 is 13.9 Å². The fourth-order valence-electron chi connectivity index (χ4n) is 0.966. The number of ether oxygens (including phenoxy) is 1. The Bertz CT molecular complexity index is 366. The molecule has 1 aromatic carbocycles. The number of carbonyl (C=O) groups is 1. The third-order valence-corrected chi connectivity index (χ3v) is 2.47. The molecule has 0 aliphatic carbocycles. The SMILES string of the molecule is COC(=O)Cc1cc(F)cc(Cl)c1Cl. The molecule has 5 heteroatoms. The van der Waals surface area contributed by atoms with Gasteiger partial charge in [-0.05, 0) is 17.7 Å². The van der Waals surface area contributed by atoms with Crippen LogP contribution in [0.15, 0.2) is 12.1 Å². The van der Waals surface area contributed by atoms with Crippen molar-refractivity contribution >= 4 is 29.2 Å². The van der Waals surface area contributed by atoms with E-state index in [9.17, 15) is 9.18 Å². The smallest absolute Gasteiger partial charge is 0.310 e. The minimum Gasteiger partial charge on any atom is -0.469 e. The van der Waals surface area contributed by atoms with E-state index in [0.29, 0.717) is 5.56 Å². The van der Waals surface area contributed by atoms with Gasteiger partial charge in [0.2, 0.25) is 0 Å². The van der Waals surface area contributed by atoms with Crippen molar-refractivity contribution in [1.82, 2.24) is 0 Å². The number of rotatable bonds is 2. The monoisotopic (exact) mass is 236 g/mol. The summed E-state index contributed by atoms with van der Waals surface area (Å²) in [6.45, 7) is 0. The van der Waals surface area contributed by atoms with Crippen LogP contribution in [-0.4, -0.2) is 13.1 Å². The van der Waals surface area contributed by atoms with E-state index in [0.717, 1.165) is 12.1 Å². The highest BCUT2D eigenvalue weighted by Crippen LogP contribution is 2.27. The maximum atomic E-state index is 12.9. The number of carbonyl (C=O) groups excluding carboxylic acids is 1. The van der Waals surface area contributed by atoms with Crippen LogP contribution in [0.3, 0.4) is 0 Å². The van der Waals surface area contributed by atoms with E-state index in [2.05, 4.69) is 4.74 Å². The zero-order chi connectivity index (χ0) is 10.7. The summed E-state index contributed by atoms with van der Waals surface area (Å²) in [6.07, 6.45) is -0.0905. The lowest BCUT2D eigenvalue weighted by Crippen LogP contribution is -2.05. The first-order valence-electron chi connectivity index (χ1n) is 3.75. The quantitative estimate of drug-likeness (QED) is 0.583. The van der Waals surface area contributed by atoms with Crippen LogP contribution in [0.4, 0.5) is 4.39 Å². The molecule has 0 aromatic heterocycles. The number of hydrogen-bond acceptors (Lipinski definition) is 2. The molecular formula is C9H7Cl2FO2. The van der Waals surface area contributed by atoms with Gasteiger partial charge in [-0.15, -0.1) is 0 Å². The second-order valence-electron chi connectivity index (χ2n) is 2.61. The van der Waals surface area contributed by atoms with Crippen molar-refractivity contribution in [3.8, 4) is 0 Å². The summed E-state index contributed by atoms with van der Waals surface area (Å²) < 4.78 is 17.3. The van der Waals surface area contributed by atoms with Crippen LogP contribution in [0.5, 0.6) is 0 Å². The summed E-state index contributed by atoms with van der Waals surface area (Å²) in [5, 5.41) is 0.268. The van der Waals surface area contributed by atoms with E-state index in [-0.39, 0.29) is 16.5 Å². The van der Waals surface area contributed by atoms with Crippen LogP contribution in [-0.2, 0) is 16.0 Å². The second-order valence-corrected chi connectivity index (χ2v) is 3.40. The lowest BCUT2D eigenvalue weighted by Gasteiger charge is -2.04. The number of halogens is 3. The van der Waals surface area contributed by atoms with Gasteiger partial charge in [0.15, 0.2) is 0 Å². The maximum absolute atomic E-state index is 12.9. The van der Waals surface area contributed by atoms with Gasteiger partial charge in [-0.3, -0.25) is 4.79 Å². The van der Waals surface area contributed by atoms with Crippen LogP contribution < -0.4 is 0 Å². The fourth-order valence-corrected chi connectivity index (χ4v) is 1.37. The predicted molar refractivity (Wildman–Crippen MR) is 52.1 cm³/mol. The normalized spacial score (nSPS) is 10.0. The first-order valence-corrected chi connectivity index (χ1v) is 4.50. The molecule has 0 fully saturated rings. The Kier molecular flexibility index (Phi) is 3.72. The Morgan fingerprint density at radius 1 is 1.50 bits per heavy atom. The topological polar surface area (TPSA) is 26.3 Å². The molecule has 1 rings (SSSR count). The van der Waals surface area contributed by atoms with E-state index < -0.39 is 11.8 Å². The van der Waals surface area contributed by atoms with Gasteiger partial charge in [-0.25, -0.2) is 4.39 Å². The molecule has 0 atom stereocenters. The number of hydrogen-bond donors (Lipinski definition) is 0. The Morgan fingerprint density at radius 3 is 2.71 bits per heavy atom. The molecular weight excluding hydrogens is 230 g/mol. The fraction of sp³-hybridized carbons (Fsp3) is 0.222. The lowest BCUT2D eigenvalue weighted by atomic mass is 10.1. The molecule has 0 aliphatic rings. The highest BCUT2D eigenvalue weighted by atomic mass is 35.5. The molecule has 0 bridgehead atoms. The standard InChI is InChI=1S/C9H7Cl2FO2/c1-14-8(13)3-5-2-6(12)4-7(10)9(5)11/h2,4H,3H2,1H3. The minimum atomic E-state index is -0.529. The second kappa shape index (κ2) is 4.62. The van der Waals surface area contributed by atoms with Crippen molar-refractivity contribution in [3.05, 3.63) is 33.6 Å². The molecule has 0 unspecified atom stereocenters. The molecule has 14 heavy (non-hydrogen) atoms. The highest BCUT2D eigenvalue weighted by molar-refractivity contribution is 6.42. The molecule has 0 radical (unpaired) electrons. The van der Waals surface area contributed by atoms with Gasteiger partial charge in [-0.1, -0.05) is 23.2 Å². The Hall–Kier alpha value is -0.800. The molecule has 0 saturated heterocycles. The lowest BCUT2D eigenvalue weighted by molar-refractivity contribution is -0.139. The average molecular weight is 237 g/mol. The van der Waals surface area contributed by atoms with Gasteiger partial charge in [0.05, 0.1) is 23.6 Å². The molecule has 0 amide bonds. The molecule has 0 saturated carbocycles. The highest BCUT2D eigenvalue weighted by Gasteiger charge is 2.11. The largest absolute Gasteiger partial charge is 0.469 e. The number of methoxy groups -OCH3 is 1. The minimum absolute atomic E-state index is 0.0885. The van der Waals surface area contributed by atoms with E-state index >= 15 is 0 Å². The first kappa shape index (κ1) is 11.3. The van der Waals surface area contributed by atoms with Crippen LogP contribution in [0, 0.1) is 5.82 Å². The Morgan fingerprint density at radius 2 is 2.14 bits per heavy atom. The van der Waals surface area contributed by atoms with Crippen LogP contribution in [0.25, 0.3) is 0 Å². The zero-order valence-corrected chi connectivity index (χ0v) is 8.82. The van der Waals surface area contributed by atoms with E-state index in [1.54, 1.807) is 0 Å². The van der Waals surface area contributed by atoms with E-state index in [1.807, 2.05) is 0 Å². The molecule has 2 nitrogen and oxygen atoms in total. The summed E-state index contributed by atoms with van der Waals surface area (Å²) in [4.78, 5) is 10.9. The molecule has 76 valence electrons.